The highest BCUT2D eigenvalue weighted by atomic mass is 16.3. The van der Waals surface area contributed by atoms with Crippen LogP contribution >= 0.6 is 0 Å². The summed E-state index contributed by atoms with van der Waals surface area (Å²) in [6, 6.07) is 0. The molecule has 0 rings (SSSR count). The molecule has 0 unspecified atom stereocenters. The van der Waals surface area contributed by atoms with Crippen LogP contribution in [0.4, 0.5) is 0 Å². The van der Waals surface area contributed by atoms with Crippen LogP contribution in [0.1, 0.15) is 6.92 Å². The molecule has 0 bridgehead atoms. The van der Waals surface area contributed by atoms with Gasteiger partial charge in [-0.25, -0.2) is 0 Å². The Hall–Kier alpha value is -0.450. The largest absolute Gasteiger partial charge is 0.412 e. The second-order valence-corrected chi connectivity index (χ2v) is 1.29. The van der Waals surface area contributed by atoms with Gasteiger partial charge >= 0.3 is 0 Å². The van der Waals surface area contributed by atoms with Crippen LogP contribution in [-0.4, -0.2) is 29.6 Å². The minimum absolute atomic E-state index is 0. The third-order valence-electron chi connectivity index (χ3n) is 0.486. The Morgan fingerprint density at radius 2 is 2.25 bits per heavy atom. The summed E-state index contributed by atoms with van der Waals surface area (Å²) < 4.78 is 0. The zero-order valence-corrected chi connectivity index (χ0v) is 4.77. The van der Waals surface area contributed by atoms with Gasteiger partial charge < -0.3 is 10.6 Å². The molecule has 0 amide bonds. The van der Waals surface area contributed by atoms with Crippen molar-refractivity contribution in [1.29, 1.82) is 0 Å². The molecule has 0 atom stereocenters. The maximum absolute atomic E-state index is 10.0. The van der Waals surface area contributed by atoms with Gasteiger partial charge in [0.1, 0.15) is 5.78 Å². The number of rotatable bonds is 3. The summed E-state index contributed by atoms with van der Waals surface area (Å²) in [5.74, 6) is 0.0362. The molecule has 4 N–H and O–H groups in total. The molecule has 0 aliphatic heterocycles. The molecule has 0 heterocycles. The van der Waals surface area contributed by atoms with Crippen molar-refractivity contribution in [3.63, 3.8) is 0 Å². The zero-order valence-electron chi connectivity index (χ0n) is 4.77. The van der Waals surface area contributed by atoms with E-state index in [1.165, 1.54) is 6.92 Å². The molecule has 0 saturated carbocycles. The molecular formula is C4H11NO3. The lowest BCUT2D eigenvalue weighted by atomic mass is 10.5. The van der Waals surface area contributed by atoms with Gasteiger partial charge in [0.25, 0.3) is 0 Å². The maximum atomic E-state index is 10.0. The molecular weight excluding hydrogens is 110 g/mol. The number of aliphatic hydroxyl groups excluding tert-OH is 1. The van der Waals surface area contributed by atoms with Gasteiger partial charge in [0.2, 0.25) is 0 Å². The van der Waals surface area contributed by atoms with Crippen molar-refractivity contribution >= 4 is 5.78 Å². The van der Waals surface area contributed by atoms with Gasteiger partial charge in [0.15, 0.2) is 0 Å². The van der Waals surface area contributed by atoms with Crippen LogP contribution in [0, 0.1) is 0 Å². The summed E-state index contributed by atoms with van der Waals surface area (Å²) in [7, 11) is 0. The number of carbonyl (C=O) groups is 1. The summed E-state index contributed by atoms with van der Waals surface area (Å²) in [6.07, 6.45) is 0. The molecule has 8 heavy (non-hydrogen) atoms. The van der Waals surface area contributed by atoms with Crippen LogP contribution in [0.5, 0.6) is 0 Å². The number of hydrogen-bond acceptors (Lipinski definition) is 3. The molecule has 0 aromatic rings. The Bertz CT molecular complexity index is 64.3. The number of ketones is 1. The molecule has 0 aromatic carbocycles. The minimum Gasteiger partial charge on any atom is -0.412 e. The molecule has 0 aliphatic carbocycles. The monoisotopic (exact) mass is 121 g/mol. The van der Waals surface area contributed by atoms with E-state index in [1.54, 1.807) is 0 Å². The topological polar surface area (TPSA) is 80.8 Å². The zero-order chi connectivity index (χ0) is 5.70. The van der Waals surface area contributed by atoms with Crippen LogP contribution in [0.3, 0.4) is 0 Å². The van der Waals surface area contributed by atoms with Gasteiger partial charge in [-0.1, -0.05) is 0 Å². The van der Waals surface area contributed by atoms with Crippen LogP contribution < -0.4 is 5.32 Å². The second kappa shape index (κ2) is 6.55. The van der Waals surface area contributed by atoms with Gasteiger partial charge in [-0.05, 0) is 6.92 Å². The highest BCUT2D eigenvalue weighted by Gasteiger charge is 1.85. The van der Waals surface area contributed by atoms with E-state index >= 15 is 0 Å². The van der Waals surface area contributed by atoms with Gasteiger partial charge in [-0.2, -0.15) is 0 Å². The first kappa shape index (κ1) is 10.5. The highest BCUT2D eigenvalue weighted by molar-refractivity contribution is 5.77. The Morgan fingerprint density at radius 3 is 2.38 bits per heavy atom. The van der Waals surface area contributed by atoms with Crippen molar-refractivity contribution in [2.75, 3.05) is 13.3 Å². The van der Waals surface area contributed by atoms with E-state index in [4.69, 9.17) is 5.11 Å². The van der Waals surface area contributed by atoms with Crippen LogP contribution in [-0.2, 0) is 4.79 Å². The predicted molar refractivity (Wildman–Crippen MR) is 29.4 cm³/mol. The third kappa shape index (κ3) is 9.12. The van der Waals surface area contributed by atoms with Crippen LogP contribution in [0.2, 0.25) is 0 Å². The SMILES string of the molecule is CC(=O)CNCO.O. The lowest BCUT2D eigenvalue weighted by Gasteiger charge is -1.91. The first-order valence-corrected chi connectivity index (χ1v) is 2.08. The number of Topliss-reactive ketones (excluding diaryl/α,β-unsaturated/α-hetero) is 1. The van der Waals surface area contributed by atoms with E-state index < -0.39 is 0 Å². The standard InChI is InChI=1S/C4H9NO2.H2O/c1-4(7)2-5-3-6;/h5-6H,2-3H2,1H3;1H2. The summed E-state index contributed by atoms with van der Waals surface area (Å²) in [4.78, 5) is 10.0. The number of aliphatic hydroxyl groups is 1. The highest BCUT2D eigenvalue weighted by Crippen LogP contribution is 1.59. The lowest BCUT2D eigenvalue weighted by Crippen LogP contribution is -2.21. The van der Waals surface area contributed by atoms with Gasteiger partial charge in [-0.3, -0.25) is 10.1 Å². The number of hydrogen-bond donors (Lipinski definition) is 2. The molecule has 0 radical (unpaired) electrons. The molecule has 0 saturated heterocycles. The summed E-state index contributed by atoms with van der Waals surface area (Å²) in [6.45, 7) is 1.60. The van der Waals surface area contributed by atoms with Crippen LogP contribution in [0.25, 0.3) is 0 Å². The molecule has 4 heteroatoms. The molecule has 0 aromatic heterocycles. The van der Waals surface area contributed by atoms with E-state index in [2.05, 4.69) is 5.32 Å². The van der Waals surface area contributed by atoms with Crippen molar-refractivity contribution in [2.24, 2.45) is 0 Å². The van der Waals surface area contributed by atoms with E-state index in [0.29, 0.717) is 0 Å². The Labute approximate surface area is 47.8 Å². The summed E-state index contributed by atoms with van der Waals surface area (Å²) in [5, 5.41) is 10.5. The van der Waals surface area contributed by atoms with E-state index in [1.807, 2.05) is 0 Å². The molecule has 50 valence electrons. The third-order valence-corrected chi connectivity index (χ3v) is 0.486. The van der Waals surface area contributed by atoms with Crippen molar-refractivity contribution in [1.82, 2.24) is 5.32 Å². The van der Waals surface area contributed by atoms with Crippen molar-refractivity contribution in [3.05, 3.63) is 0 Å². The van der Waals surface area contributed by atoms with Crippen molar-refractivity contribution < 1.29 is 15.4 Å². The first-order valence-electron chi connectivity index (χ1n) is 2.08. The maximum Gasteiger partial charge on any atom is 0.143 e. The lowest BCUT2D eigenvalue weighted by molar-refractivity contribution is -0.116. The van der Waals surface area contributed by atoms with Crippen molar-refractivity contribution in [2.45, 2.75) is 6.92 Å². The summed E-state index contributed by atoms with van der Waals surface area (Å²) >= 11 is 0. The fraction of sp³-hybridized carbons (Fsp3) is 0.750. The fourth-order valence-electron chi connectivity index (χ4n) is 0.232. The molecule has 0 aliphatic rings. The average molecular weight is 121 g/mol. The van der Waals surface area contributed by atoms with Gasteiger partial charge in [0.05, 0.1) is 13.3 Å². The van der Waals surface area contributed by atoms with E-state index in [-0.39, 0.29) is 24.5 Å². The first-order chi connectivity index (χ1) is 3.27. The van der Waals surface area contributed by atoms with Gasteiger partial charge in [0, 0.05) is 0 Å². The molecule has 0 fully saturated rings. The van der Waals surface area contributed by atoms with Crippen molar-refractivity contribution in [3.8, 4) is 0 Å². The van der Waals surface area contributed by atoms with Gasteiger partial charge in [-0.15, -0.1) is 0 Å². The second-order valence-electron chi connectivity index (χ2n) is 1.29. The average Bonchev–Trinajstić information content (AvgIpc) is 1.61. The minimum atomic E-state index is -0.125. The van der Waals surface area contributed by atoms with E-state index in [0.717, 1.165) is 0 Å². The Balaban J connectivity index is 0. The Kier molecular flexibility index (Phi) is 8.61. The predicted octanol–water partition coefficient (Wildman–Crippen LogP) is -1.71. The normalized spacial score (nSPS) is 7.75. The number of carbonyl (C=O) groups excluding carboxylic acids is 1. The number of nitrogens with one attached hydrogen (secondary N) is 1. The molecule has 0 spiro atoms. The Morgan fingerprint density at radius 1 is 1.75 bits per heavy atom. The summed E-state index contributed by atoms with van der Waals surface area (Å²) in [5.41, 5.74) is 0. The smallest absolute Gasteiger partial charge is 0.143 e. The van der Waals surface area contributed by atoms with E-state index in [9.17, 15) is 4.79 Å². The molecule has 4 nitrogen and oxygen atoms in total. The quantitative estimate of drug-likeness (QED) is 0.436. The fourth-order valence-corrected chi connectivity index (χ4v) is 0.232. The van der Waals surface area contributed by atoms with Crippen LogP contribution in [0.15, 0.2) is 0 Å².